The van der Waals surface area contributed by atoms with E-state index in [2.05, 4.69) is 9.97 Å². The molecule has 7 nitrogen and oxygen atoms in total. The molecule has 1 fully saturated rings. The predicted molar refractivity (Wildman–Crippen MR) is 117 cm³/mol. The molecule has 3 heterocycles. The number of pyridine rings is 1. The Morgan fingerprint density at radius 2 is 1.97 bits per heavy atom. The van der Waals surface area contributed by atoms with E-state index in [1.54, 1.807) is 20.4 Å². The van der Waals surface area contributed by atoms with Crippen molar-refractivity contribution in [3.8, 4) is 22.8 Å². The molecule has 1 aromatic carbocycles. The number of hydrogen-bond donors (Lipinski definition) is 0. The highest BCUT2D eigenvalue weighted by Crippen LogP contribution is 2.33. The zero-order chi connectivity index (χ0) is 21.8. The van der Waals surface area contributed by atoms with Crippen LogP contribution >= 0.6 is 0 Å². The molecule has 4 rings (SSSR count). The third-order valence-electron chi connectivity index (χ3n) is 5.61. The van der Waals surface area contributed by atoms with Gasteiger partial charge in [0.05, 0.1) is 32.0 Å². The first-order valence-electron chi connectivity index (χ1n) is 10.3. The summed E-state index contributed by atoms with van der Waals surface area (Å²) in [6, 6.07) is 11.4. The SMILES string of the molecule is COc1ccc(CC(=O)N2CC[C@H](c3nc(C)ncc3-c3ccccn3)C2)cc1OC. The monoisotopic (exact) mass is 418 g/mol. The summed E-state index contributed by atoms with van der Waals surface area (Å²) < 4.78 is 10.6. The number of likely N-dealkylation sites (tertiary alicyclic amines) is 1. The Kier molecular flexibility index (Phi) is 6.11. The number of carbonyl (C=O) groups is 1. The molecule has 0 radical (unpaired) electrons. The van der Waals surface area contributed by atoms with Crippen LogP contribution < -0.4 is 9.47 Å². The van der Waals surface area contributed by atoms with E-state index in [0.717, 1.165) is 34.8 Å². The van der Waals surface area contributed by atoms with Crippen molar-refractivity contribution in [1.82, 2.24) is 19.9 Å². The van der Waals surface area contributed by atoms with Crippen LogP contribution in [-0.2, 0) is 11.2 Å². The largest absolute Gasteiger partial charge is 0.493 e. The lowest BCUT2D eigenvalue weighted by atomic mass is 9.98. The molecule has 0 N–H and O–H groups in total. The summed E-state index contributed by atoms with van der Waals surface area (Å²) in [5.41, 5.74) is 3.66. The Morgan fingerprint density at radius 3 is 2.71 bits per heavy atom. The quantitative estimate of drug-likeness (QED) is 0.610. The Bertz CT molecular complexity index is 1070. The molecule has 0 bridgehead atoms. The molecule has 7 heteroatoms. The molecule has 1 aliphatic rings. The highest BCUT2D eigenvalue weighted by atomic mass is 16.5. The molecule has 1 atom stereocenters. The minimum absolute atomic E-state index is 0.0971. The van der Waals surface area contributed by atoms with Gasteiger partial charge in [-0.1, -0.05) is 12.1 Å². The van der Waals surface area contributed by atoms with Crippen LogP contribution in [0.4, 0.5) is 0 Å². The fourth-order valence-electron chi connectivity index (χ4n) is 4.01. The van der Waals surface area contributed by atoms with Crippen LogP contribution in [0.25, 0.3) is 11.3 Å². The van der Waals surface area contributed by atoms with E-state index in [1.165, 1.54) is 0 Å². The minimum atomic E-state index is 0.0971. The topological polar surface area (TPSA) is 77.4 Å². The van der Waals surface area contributed by atoms with Crippen LogP contribution in [0.1, 0.15) is 29.4 Å². The zero-order valence-corrected chi connectivity index (χ0v) is 18.0. The average molecular weight is 418 g/mol. The second-order valence-corrected chi connectivity index (χ2v) is 7.62. The molecule has 1 amide bonds. The van der Waals surface area contributed by atoms with E-state index in [4.69, 9.17) is 14.5 Å². The summed E-state index contributed by atoms with van der Waals surface area (Å²) in [6.45, 7) is 3.24. The molecule has 1 saturated heterocycles. The lowest BCUT2D eigenvalue weighted by Crippen LogP contribution is -2.30. The summed E-state index contributed by atoms with van der Waals surface area (Å²) in [5, 5.41) is 0. The molecule has 0 unspecified atom stereocenters. The zero-order valence-electron chi connectivity index (χ0n) is 18.0. The summed E-state index contributed by atoms with van der Waals surface area (Å²) in [5.74, 6) is 2.27. The first-order valence-corrected chi connectivity index (χ1v) is 10.3. The Hall–Kier alpha value is -3.48. The number of nitrogens with zero attached hydrogens (tertiary/aromatic N) is 4. The summed E-state index contributed by atoms with van der Waals surface area (Å²) in [7, 11) is 3.19. The van der Waals surface area contributed by atoms with E-state index in [-0.39, 0.29) is 11.8 Å². The van der Waals surface area contributed by atoms with Crippen LogP contribution in [-0.4, -0.2) is 53.1 Å². The fraction of sp³-hybridized carbons (Fsp3) is 0.333. The lowest BCUT2D eigenvalue weighted by molar-refractivity contribution is -0.129. The maximum Gasteiger partial charge on any atom is 0.227 e. The number of rotatable bonds is 6. The van der Waals surface area contributed by atoms with Gasteiger partial charge in [-0.3, -0.25) is 9.78 Å². The maximum atomic E-state index is 13.0. The van der Waals surface area contributed by atoms with Gasteiger partial charge < -0.3 is 14.4 Å². The van der Waals surface area contributed by atoms with Gasteiger partial charge in [-0.15, -0.1) is 0 Å². The summed E-state index contributed by atoms with van der Waals surface area (Å²) in [6.07, 6.45) is 4.80. The van der Waals surface area contributed by atoms with Crippen molar-refractivity contribution in [2.75, 3.05) is 27.3 Å². The highest BCUT2D eigenvalue weighted by molar-refractivity contribution is 5.79. The van der Waals surface area contributed by atoms with Crippen LogP contribution in [0.3, 0.4) is 0 Å². The van der Waals surface area contributed by atoms with Gasteiger partial charge in [-0.25, -0.2) is 9.97 Å². The maximum absolute atomic E-state index is 13.0. The second-order valence-electron chi connectivity index (χ2n) is 7.62. The van der Waals surface area contributed by atoms with Crippen LogP contribution in [0.2, 0.25) is 0 Å². The van der Waals surface area contributed by atoms with E-state index in [1.807, 2.05) is 54.4 Å². The first kappa shape index (κ1) is 20.8. The smallest absolute Gasteiger partial charge is 0.227 e. The average Bonchev–Trinajstić information content (AvgIpc) is 3.30. The third kappa shape index (κ3) is 4.50. The molecule has 31 heavy (non-hydrogen) atoms. The predicted octanol–water partition coefficient (Wildman–Crippen LogP) is 3.42. The molecule has 1 aliphatic heterocycles. The number of benzene rings is 1. The van der Waals surface area contributed by atoms with Crippen molar-refractivity contribution in [2.24, 2.45) is 0 Å². The number of amides is 1. The lowest BCUT2D eigenvalue weighted by Gasteiger charge is -2.18. The Labute approximate surface area is 182 Å². The van der Waals surface area contributed by atoms with Crippen LogP contribution in [0.5, 0.6) is 11.5 Å². The summed E-state index contributed by atoms with van der Waals surface area (Å²) >= 11 is 0. The number of aryl methyl sites for hydroxylation is 1. The van der Waals surface area contributed by atoms with Gasteiger partial charge in [0.15, 0.2) is 11.5 Å². The van der Waals surface area contributed by atoms with Gasteiger partial charge in [0.25, 0.3) is 0 Å². The minimum Gasteiger partial charge on any atom is -0.493 e. The second kappa shape index (κ2) is 9.12. The number of aromatic nitrogens is 3. The number of ether oxygens (including phenoxy) is 2. The van der Waals surface area contributed by atoms with Gasteiger partial charge in [0, 0.05) is 37.0 Å². The van der Waals surface area contributed by atoms with Gasteiger partial charge in [0.2, 0.25) is 5.91 Å². The molecular formula is C24H26N4O3. The van der Waals surface area contributed by atoms with Gasteiger partial charge in [0.1, 0.15) is 5.82 Å². The van der Waals surface area contributed by atoms with Crippen molar-refractivity contribution in [1.29, 1.82) is 0 Å². The molecule has 160 valence electrons. The van der Waals surface area contributed by atoms with Crippen molar-refractivity contribution in [3.63, 3.8) is 0 Å². The summed E-state index contributed by atoms with van der Waals surface area (Å²) in [4.78, 5) is 28.5. The fourth-order valence-corrected chi connectivity index (χ4v) is 4.01. The number of methoxy groups -OCH3 is 2. The molecule has 0 aliphatic carbocycles. The van der Waals surface area contributed by atoms with E-state index >= 15 is 0 Å². The highest BCUT2D eigenvalue weighted by Gasteiger charge is 2.30. The van der Waals surface area contributed by atoms with Crippen LogP contribution in [0, 0.1) is 6.92 Å². The Morgan fingerprint density at radius 1 is 1.13 bits per heavy atom. The van der Waals surface area contributed by atoms with Gasteiger partial charge in [-0.05, 0) is 43.2 Å². The molecular weight excluding hydrogens is 392 g/mol. The van der Waals surface area contributed by atoms with Crippen molar-refractivity contribution >= 4 is 5.91 Å². The third-order valence-corrected chi connectivity index (χ3v) is 5.61. The van der Waals surface area contributed by atoms with Gasteiger partial charge in [-0.2, -0.15) is 0 Å². The molecule has 0 spiro atoms. The van der Waals surface area contributed by atoms with Crippen molar-refractivity contribution in [2.45, 2.75) is 25.7 Å². The van der Waals surface area contributed by atoms with Gasteiger partial charge >= 0.3 is 0 Å². The van der Waals surface area contributed by atoms with E-state index < -0.39 is 0 Å². The van der Waals surface area contributed by atoms with E-state index in [9.17, 15) is 4.79 Å². The van der Waals surface area contributed by atoms with Crippen molar-refractivity contribution < 1.29 is 14.3 Å². The normalized spacial score (nSPS) is 15.7. The standard InChI is InChI=1S/C24H26N4O3/c1-16-26-14-19(20-6-4-5-10-25-20)24(27-16)18-9-11-28(15-18)23(29)13-17-7-8-21(30-2)22(12-17)31-3/h4-8,10,12,14,18H,9,11,13,15H2,1-3H3/t18-/m0/s1. The number of carbonyl (C=O) groups excluding carboxylic acids is 1. The number of hydrogen-bond acceptors (Lipinski definition) is 6. The van der Waals surface area contributed by atoms with Crippen molar-refractivity contribution in [3.05, 3.63) is 65.9 Å². The van der Waals surface area contributed by atoms with E-state index in [0.29, 0.717) is 31.0 Å². The van der Waals surface area contributed by atoms with Crippen LogP contribution in [0.15, 0.2) is 48.8 Å². The first-order chi connectivity index (χ1) is 15.1. The molecule has 0 saturated carbocycles. The molecule has 3 aromatic rings. The Balaban J connectivity index is 1.50. The molecule has 2 aromatic heterocycles.